The fourth-order valence-electron chi connectivity index (χ4n) is 2.01. The second-order valence-corrected chi connectivity index (χ2v) is 5.29. The number of nitrogen functional groups attached to an aromatic ring is 1. The van der Waals surface area contributed by atoms with Gasteiger partial charge in [0.1, 0.15) is 17.5 Å². The smallest absolute Gasteiger partial charge is 0.137 e. The molecule has 0 saturated heterocycles. The van der Waals surface area contributed by atoms with Gasteiger partial charge >= 0.3 is 0 Å². The van der Waals surface area contributed by atoms with Crippen LogP contribution < -0.4 is 10.6 Å². The molecule has 0 aromatic carbocycles. The molecule has 0 amide bonds. The number of rotatable bonds is 4. The van der Waals surface area contributed by atoms with E-state index in [4.69, 9.17) is 5.73 Å². The van der Waals surface area contributed by atoms with Gasteiger partial charge in [-0.05, 0) is 18.6 Å². The van der Waals surface area contributed by atoms with Crippen LogP contribution >= 0.6 is 0 Å². The molecule has 2 N–H and O–H groups in total. The zero-order chi connectivity index (χ0) is 14.7. The van der Waals surface area contributed by atoms with E-state index in [1.807, 2.05) is 32.3 Å². The fourth-order valence-corrected chi connectivity index (χ4v) is 2.01. The monoisotopic (exact) mass is 271 g/mol. The Balaban J connectivity index is 2.31. The minimum absolute atomic E-state index is 0.253. The molecule has 2 rings (SSSR count). The summed E-state index contributed by atoms with van der Waals surface area (Å²) in [6.07, 6.45) is 3.63. The Kier molecular flexibility index (Phi) is 4.17. The van der Waals surface area contributed by atoms with Crippen LogP contribution in [-0.4, -0.2) is 22.0 Å². The minimum Gasteiger partial charge on any atom is -0.383 e. The van der Waals surface area contributed by atoms with Crippen molar-refractivity contribution >= 4 is 11.6 Å². The highest BCUT2D eigenvalue weighted by atomic mass is 15.2. The molecule has 0 unspecified atom stereocenters. The van der Waals surface area contributed by atoms with Gasteiger partial charge in [0.25, 0.3) is 0 Å². The first-order valence-corrected chi connectivity index (χ1v) is 6.73. The zero-order valence-electron chi connectivity index (χ0n) is 12.5. The lowest BCUT2D eigenvalue weighted by molar-refractivity contribution is 0.761. The van der Waals surface area contributed by atoms with Crippen LogP contribution in [0.1, 0.15) is 36.7 Å². The van der Waals surface area contributed by atoms with Gasteiger partial charge in [-0.2, -0.15) is 0 Å². The van der Waals surface area contributed by atoms with Gasteiger partial charge in [-0.15, -0.1) is 0 Å². The summed E-state index contributed by atoms with van der Waals surface area (Å²) < 4.78 is 0. The largest absolute Gasteiger partial charge is 0.383 e. The van der Waals surface area contributed by atoms with Gasteiger partial charge in [-0.3, -0.25) is 4.98 Å². The van der Waals surface area contributed by atoms with Crippen LogP contribution in [0.4, 0.5) is 11.6 Å². The Labute approximate surface area is 119 Å². The summed E-state index contributed by atoms with van der Waals surface area (Å²) >= 11 is 0. The summed E-state index contributed by atoms with van der Waals surface area (Å²) in [5, 5.41) is 0. The van der Waals surface area contributed by atoms with Gasteiger partial charge in [0.2, 0.25) is 0 Å². The van der Waals surface area contributed by atoms with Crippen molar-refractivity contribution in [2.75, 3.05) is 17.7 Å². The quantitative estimate of drug-likeness (QED) is 0.925. The van der Waals surface area contributed by atoms with Crippen molar-refractivity contribution in [3.8, 4) is 0 Å². The third kappa shape index (κ3) is 3.04. The minimum atomic E-state index is 0.253. The maximum atomic E-state index is 6.00. The molecule has 5 heteroatoms. The number of hydrogen-bond donors (Lipinski definition) is 1. The standard InChI is InChI=1S/C15H21N5/c1-10(2)14-18-13(16)11(3)15(19-14)20(4)9-12-6-5-7-17-8-12/h5-8,10H,9H2,1-4H3,(H2,16,18,19). The molecule has 106 valence electrons. The molecule has 5 nitrogen and oxygen atoms in total. The second-order valence-electron chi connectivity index (χ2n) is 5.29. The Morgan fingerprint density at radius 2 is 2.05 bits per heavy atom. The van der Waals surface area contributed by atoms with Crippen LogP contribution in [-0.2, 0) is 6.54 Å². The Hall–Kier alpha value is -2.17. The molecule has 0 saturated carbocycles. The number of hydrogen-bond acceptors (Lipinski definition) is 5. The van der Waals surface area contributed by atoms with Crippen LogP contribution in [0.5, 0.6) is 0 Å². The van der Waals surface area contributed by atoms with Crippen molar-refractivity contribution in [3.05, 3.63) is 41.5 Å². The van der Waals surface area contributed by atoms with E-state index in [-0.39, 0.29) is 5.92 Å². The van der Waals surface area contributed by atoms with E-state index in [0.29, 0.717) is 5.82 Å². The van der Waals surface area contributed by atoms with Gasteiger partial charge in [0.15, 0.2) is 0 Å². The molecule has 2 aromatic heterocycles. The molecular weight excluding hydrogens is 250 g/mol. The van der Waals surface area contributed by atoms with E-state index >= 15 is 0 Å². The molecule has 0 aliphatic heterocycles. The molecule has 20 heavy (non-hydrogen) atoms. The highest BCUT2D eigenvalue weighted by molar-refractivity contribution is 5.56. The first-order valence-electron chi connectivity index (χ1n) is 6.73. The first kappa shape index (κ1) is 14.2. The first-order chi connectivity index (χ1) is 9.49. The van der Waals surface area contributed by atoms with E-state index in [1.165, 1.54) is 0 Å². The average molecular weight is 271 g/mol. The zero-order valence-corrected chi connectivity index (χ0v) is 12.5. The highest BCUT2D eigenvalue weighted by Gasteiger charge is 2.14. The lowest BCUT2D eigenvalue weighted by Crippen LogP contribution is -2.21. The Morgan fingerprint density at radius 1 is 1.30 bits per heavy atom. The molecule has 0 aliphatic carbocycles. The Morgan fingerprint density at radius 3 is 2.65 bits per heavy atom. The van der Waals surface area contributed by atoms with Gasteiger partial charge in [0.05, 0.1) is 0 Å². The predicted molar refractivity (Wildman–Crippen MR) is 81.6 cm³/mol. The number of anilines is 2. The maximum absolute atomic E-state index is 6.00. The van der Waals surface area contributed by atoms with Crippen molar-refractivity contribution in [2.45, 2.75) is 33.2 Å². The van der Waals surface area contributed by atoms with E-state index in [0.717, 1.165) is 29.3 Å². The molecule has 2 heterocycles. The lowest BCUT2D eigenvalue weighted by Gasteiger charge is -2.22. The molecule has 0 atom stereocenters. The van der Waals surface area contributed by atoms with Crippen molar-refractivity contribution < 1.29 is 0 Å². The summed E-state index contributed by atoms with van der Waals surface area (Å²) in [6.45, 7) is 6.82. The molecule has 0 aliphatic rings. The molecule has 0 spiro atoms. The van der Waals surface area contributed by atoms with E-state index in [9.17, 15) is 0 Å². The topological polar surface area (TPSA) is 67.9 Å². The number of nitrogens with zero attached hydrogens (tertiary/aromatic N) is 4. The summed E-state index contributed by atoms with van der Waals surface area (Å²) in [5.74, 6) is 2.46. The van der Waals surface area contributed by atoms with Crippen LogP contribution in [0.25, 0.3) is 0 Å². The van der Waals surface area contributed by atoms with Crippen molar-refractivity contribution in [3.63, 3.8) is 0 Å². The molecular formula is C15H21N5. The predicted octanol–water partition coefficient (Wildman–Crippen LogP) is 2.52. The third-order valence-corrected chi connectivity index (χ3v) is 3.20. The van der Waals surface area contributed by atoms with E-state index in [2.05, 4.69) is 33.7 Å². The SMILES string of the molecule is Cc1c(N)nc(C(C)C)nc1N(C)Cc1cccnc1. The average Bonchev–Trinajstić information content (AvgIpc) is 2.42. The van der Waals surface area contributed by atoms with E-state index < -0.39 is 0 Å². The number of aromatic nitrogens is 3. The van der Waals surface area contributed by atoms with Crippen molar-refractivity contribution in [1.29, 1.82) is 0 Å². The van der Waals surface area contributed by atoms with Gasteiger partial charge in [-0.1, -0.05) is 19.9 Å². The summed E-state index contributed by atoms with van der Waals surface area (Å²) in [4.78, 5) is 15.2. The fraction of sp³-hybridized carbons (Fsp3) is 0.400. The van der Waals surface area contributed by atoms with Gasteiger partial charge in [0, 0.05) is 37.5 Å². The molecule has 2 aromatic rings. The summed E-state index contributed by atoms with van der Waals surface area (Å²) in [7, 11) is 2.01. The van der Waals surface area contributed by atoms with Crippen LogP contribution in [0.15, 0.2) is 24.5 Å². The van der Waals surface area contributed by atoms with Crippen molar-refractivity contribution in [1.82, 2.24) is 15.0 Å². The summed E-state index contributed by atoms with van der Waals surface area (Å²) in [5.41, 5.74) is 8.05. The number of nitrogens with two attached hydrogens (primary N) is 1. The molecule has 0 fully saturated rings. The normalized spacial score (nSPS) is 10.8. The summed E-state index contributed by atoms with van der Waals surface area (Å²) in [6, 6.07) is 3.98. The molecule has 0 radical (unpaired) electrons. The highest BCUT2D eigenvalue weighted by Crippen LogP contribution is 2.24. The van der Waals surface area contributed by atoms with Gasteiger partial charge in [-0.25, -0.2) is 9.97 Å². The molecule has 0 bridgehead atoms. The number of pyridine rings is 1. The lowest BCUT2D eigenvalue weighted by atomic mass is 10.2. The van der Waals surface area contributed by atoms with Gasteiger partial charge < -0.3 is 10.6 Å². The van der Waals surface area contributed by atoms with Crippen LogP contribution in [0.3, 0.4) is 0 Å². The van der Waals surface area contributed by atoms with Crippen molar-refractivity contribution in [2.24, 2.45) is 0 Å². The third-order valence-electron chi connectivity index (χ3n) is 3.20. The van der Waals surface area contributed by atoms with Crippen LogP contribution in [0, 0.1) is 6.92 Å². The van der Waals surface area contributed by atoms with E-state index in [1.54, 1.807) is 6.20 Å². The Bertz CT molecular complexity index is 580. The maximum Gasteiger partial charge on any atom is 0.137 e. The van der Waals surface area contributed by atoms with Crippen LogP contribution in [0.2, 0.25) is 0 Å². The second kappa shape index (κ2) is 5.86.